The molecule has 0 bridgehead atoms. The van der Waals surface area contributed by atoms with Gasteiger partial charge in [-0.15, -0.1) is 0 Å². The van der Waals surface area contributed by atoms with Gasteiger partial charge in [0.2, 0.25) is 5.91 Å². The number of carbonyl (C=O) groups is 1. The lowest BCUT2D eigenvalue weighted by Gasteiger charge is -2.20. The first kappa shape index (κ1) is 23.3. The number of benzene rings is 3. The van der Waals surface area contributed by atoms with E-state index in [0.717, 1.165) is 23.1 Å². The van der Waals surface area contributed by atoms with Crippen LogP contribution in [-0.2, 0) is 18.3 Å². The van der Waals surface area contributed by atoms with Crippen LogP contribution >= 0.6 is 0 Å². The molecule has 1 heterocycles. The largest absolute Gasteiger partial charge is 0.496 e. The summed E-state index contributed by atoms with van der Waals surface area (Å²) in [5.41, 5.74) is 5.95. The summed E-state index contributed by atoms with van der Waals surface area (Å²) in [6.45, 7) is 2.76. The maximum atomic E-state index is 13.3. The zero-order valence-electron chi connectivity index (χ0n) is 19.8. The van der Waals surface area contributed by atoms with Crippen LogP contribution in [-0.4, -0.2) is 29.3 Å². The van der Waals surface area contributed by atoms with Crippen LogP contribution in [0.1, 0.15) is 22.7 Å². The zero-order chi connectivity index (χ0) is 23.9. The highest BCUT2D eigenvalue weighted by atomic mass is 16.5. The second-order valence-corrected chi connectivity index (χ2v) is 8.34. The highest BCUT2D eigenvalue weighted by Crippen LogP contribution is 2.32. The molecule has 174 valence electrons. The Hall–Kier alpha value is -3.90. The number of carbonyl (C=O) groups excluding carboxylic acids is 1. The Bertz CT molecular complexity index is 1230. The van der Waals surface area contributed by atoms with Gasteiger partial charge in [-0.1, -0.05) is 60.2 Å². The van der Waals surface area contributed by atoms with Gasteiger partial charge in [0.05, 0.1) is 13.3 Å². The molecule has 0 saturated carbocycles. The molecule has 0 aliphatic rings. The first-order valence-corrected chi connectivity index (χ1v) is 11.4. The number of aromatic nitrogens is 2. The second-order valence-electron chi connectivity index (χ2n) is 8.34. The number of nitrogens with zero attached hydrogens (tertiary/aromatic N) is 2. The predicted molar refractivity (Wildman–Crippen MR) is 136 cm³/mol. The maximum Gasteiger partial charge on any atom is 0.246 e. The molecule has 6 heteroatoms. The van der Waals surface area contributed by atoms with E-state index in [2.05, 4.69) is 46.9 Å². The number of anilines is 1. The van der Waals surface area contributed by atoms with Crippen molar-refractivity contribution in [3.63, 3.8) is 0 Å². The monoisotopic (exact) mass is 454 g/mol. The summed E-state index contributed by atoms with van der Waals surface area (Å²) in [6.07, 6.45) is 4.56. The molecule has 3 aromatic carbocycles. The van der Waals surface area contributed by atoms with Crippen molar-refractivity contribution in [2.45, 2.75) is 19.4 Å². The van der Waals surface area contributed by atoms with Crippen LogP contribution in [0.25, 0.3) is 11.1 Å². The SMILES string of the molecule is COc1cc(NC(=O)[C@H](NCCc2ccc(C)cc2)c2ccccc2)ccc1-c1cnn(C)c1. The van der Waals surface area contributed by atoms with Gasteiger partial charge >= 0.3 is 0 Å². The third-order valence-corrected chi connectivity index (χ3v) is 5.76. The number of methoxy groups -OCH3 is 1. The van der Waals surface area contributed by atoms with Gasteiger partial charge in [-0.05, 0) is 36.6 Å². The molecule has 0 radical (unpaired) electrons. The molecule has 34 heavy (non-hydrogen) atoms. The molecule has 1 atom stereocenters. The fourth-order valence-electron chi connectivity index (χ4n) is 3.91. The minimum Gasteiger partial charge on any atom is -0.496 e. The molecule has 0 unspecified atom stereocenters. The molecule has 6 nitrogen and oxygen atoms in total. The summed E-state index contributed by atoms with van der Waals surface area (Å²) in [5, 5.41) is 10.7. The Morgan fingerprint density at radius 2 is 1.82 bits per heavy atom. The Kier molecular flexibility index (Phi) is 7.40. The quantitative estimate of drug-likeness (QED) is 0.377. The van der Waals surface area contributed by atoms with Crippen LogP contribution in [0.3, 0.4) is 0 Å². The Labute approximate surface area is 200 Å². The van der Waals surface area contributed by atoms with E-state index < -0.39 is 6.04 Å². The number of hydrogen-bond donors (Lipinski definition) is 2. The average Bonchev–Trinajstić information content (AvgIpc) is 3.29. The summed E-state index contributed by atoms with van der Waals surface area (Å²) in [7, 11) is 3.50. The van der Waals surface area contributed by atoms with Gasteiger partial charge in [-0.3, -0.25) is 9.48 Å². The first-order chi connectivity index (χ1) is 16.5. The number of aryl methyl sites for hydroxylation is 2. The molecular formula is C28H30N4O2. The van der Waals surface area contributed by atoms with E-state index in [-0.39, 0.29) is 5.91 Å². The summed E-state index contributed by atoms with van der Waals surface area (Å²) < 4.78 is 7.34. The number of ether oxygens (including phenoxy) is 1. The number of rotatable bonds is 9. The average molecular weight is 455 g/mol. The van der Waals surface area contributed by atoms with E-state index in [1.54, 1.807) is 18.0 Å². The van der Waals surface area contributed by atoms with Crippen molar-refractivity contribution < 1.29 is 9.53 Å². The molecule has 0 saturated heterocycles. The summed E-state index contributed by atoms with van der Waals surface area (Å²) >= 11 is 0. The van der Waals surface area contributed by atoms with E-state index in [0.29, 0.717) is 18.0 Å². The van der Waals surface area contributed by atoms with Gasteiger partial charge in [-0.25, -0.2) is 0 Å². The van der Waals surface area contributed by atoms with Crippen molar-refractivity contribution in [2.24, 2.45) is 7.05 Å². The van der Waals surface area contributed by atoms with Gasteiger partial charge in [0.25, 0.3) is 0 Å². The maximum absolute atomic E-state index is 13.3. The lowest BCUT2D eigenvalue weighted by Crippen LogP contribution is -2.34. The lowest BCUT2D eigenvalue weighted by atomic mass is 10.0. The fourth-order valence-corrected chi connectivity index (χ4v) is 3.91. The van der Waals surface area contributed by atoms with Crippen LogP contribution in [0.4, 0.5) is 5.69 Å². The number of amides is 1. The third-order valence-electron chi connectivity index (χ3n) is 5.76. The van der Waals surface area contributed by atoms with Crippen molar-refractivity contribution in [3.8, 4) is 16.9 Å². The van der Waals surface area contributed by atoms with Crippen molar-refractivity contribution >= 4 is 11.6 Å². The Morgan fingerprint density at radius 1 is 1.06 bits per heavy atom. The van der Waals surface area contributed by atoms with Gasteiger partial charge in [-0.2, -0.15) is 5.10 Å². The third kappa shape index (κ3) is 5.71. The predicted octanol–water partition coefficient (Wildman–Crippen LogP) is 4.92. The first-order valence-electron chi connectivity index (χ1n) is 11.4. The molecule has 4 aromatic rings. The lowest BCUT2D eigenvalue weighted by molar-refractivity contribution is -0.118. The highest BCUT2D eigenvalue weighted by Gasteiger charge is 2.20. The van der Waals surface area contributed by atoms with Crippen LogP contribution in [0.2, 0.25) is 0 Å². The minimum absolute atomic E-state index is 0.119. The van der Waals surface area contributed by atoms with E-state index in [9.17, 15) is 4.79 Å². The van der Waals surface area contributed by atoms with Crippen molar-refractivity contribution in [2.75, 3.05) is 19.0 Å². The fraction of sp³-hybridized carbons (Fsp3) is 0.214. The highest BCUT2D eigenvalue weighted by molar-refractivity contribution is 5.96. The summed E-state index contributed by atoms with van der Waals surface area (Å²) in [4.78, 5) is 13.3. The number of nitrogens with one attached hydrogen (secondary N) is 2. The second kappa shape index (κ2) is 10.8. The molecule has 2 N–H and O–H groups in total. The molecule has 0 fully saturated rings. The van der Waals surface area contributed by atoms with Gasteiger partial charge < -0.3 is 15.4 Å². The van der Waals surface area contributed by atoms with Crippen LogP contribution in [0, 0.1) is 6.92 Å². The standard InChI is InChI=1S/C28H30N4O2/c1-20-9-11-21(12-10-20)15-16-29-27(22-7-5-4-6-8-22)28(33)31-24-13-14-25(26(17-24)34-3)23-18-30-32(2)19-23/h4-14,17-19,27,29H,15-16H2,1-3H3,(H,31,33)/t27-/m1/s1. The van der Waals surface area contributed by atoms with E-state index in [4.69, 9.17) is 4.74 Å². The summed E-state index contributed by atoms with van der Waals surface area (Å²) in [6, 6.07) is 23.5. The van der Waals surface area contributed by atoms with Crippen molar-refractivity contribution in [3.05, 3.63) is 102 Å². The molecular weight excluding hydrogens is 424 g/mol. The van der Waals surface area contributed by atoms with E-state index >= 15 is 0 Å². The van der Waals surface area contributed by atoms with Gasteiger partial charge in [0.15, 0.2) is 0 Å². The summed E-state index contributed by atoms with van der Waals surface area (Å²) in [5.74, 6) is 0.556. The van der Waals surface area contributed by atoms with Crippen molar-refractivity contribution in [1.82, 2.24) is 15.1 Å². The molecule has 1 aromatic heterocycles. The Morgan fingerprint density at radius 3 is 2.50 bits per heavy atom. The molecule has 0 aliphatic heterocycles. The van der Waals surface area contributed by atoms with Gasteiger partial charge in [0.1, 0.15) is 11.8 Å². The molecule has 4 rings (SSSR count). The minimum atomic E-state index is -0.476. The van der Waals surface area contributed by atoms with E-state index in [1.807, 2.05) is 61.8 Å². The van der Waals surface area contributed by atoms with Crippen molar-refractivity contribution in [1.29, 1.82) is 0 Å². The van der Waals surface area contributed by atoms with Gasteiger partial charge in [0, 0.05) is 42.7 Å². The Balaban J connectivity index is 1.49. The number of hydrogen-bond acceptors (Lipinski definition) is 4. The van der Waals surface area contributed by atoms with Crippen LogP contribution in [0.15, 0.2) is 85.2 Å². The van der Waals surface area contributed by atoms with Crippen LogP contribution in [0.5, 0.6) is 5.75 Å². The smallest absolute Gasteiger partial charge is 0.246 e. The van der Waals surface area contributed by atoms with Crippen LogP contribution < -0.4 is 15.4 Å². The zero-order valence-corrected chi connectivity index (χ0v) is 19.8. The molecule has 1 amide bonds. The normalized spacial score (nSPS) is 11.7. The molecule has 0 aliphatic carbocycles. The van der Waals surface area contributed by atoms with E-state index in [1.165, 1.54) is 11.1 Å². The topological polar surface area (TPSA) is 68.2 Å². The molecule has 0 spiro atoms.